The average molecular weight is 394 g/mol. The van der Waals surface area contributed by atoms with E-state index in [1.54, 1.807) is 0 Å². The van der Waals surface area contributed by atoms with Gasteiger partial charge in [0.25, 0.3) is 0 Å². The maximum absolute atomic E-state index is 13.5. The van der Waals surface area contributed by atoms with Gasteiger partial charge in [-0.1, -0.05) is 20.8 Å². The molecule has 2 fully saturated rings. The Bertz CT molecular complexity index is 1030. The fraction of sp³-hybridized carbons (Fsp3) is 0.478. The molecule has 5 rings (SSSR count). The highest BCUT2D eigenvalue weighted by atomic mass is 19.1. The first-order valence-corrected chi connectivity index (χ1v) is 10.5. The molecule has 0 bridgehead atoms. The fourth-order valence-electron chi connectivity index (χ4n) is 4.75. The number of hydrazine groups is 1. The Labute approximate surface area is 170 Å². The van der Waals surface area contributed by atoms with Crippen LogP contribution in [0.25, 0.3) is 22.6 Å². The van der Waals surface area contributed by atoms with Crippen LogP contribution in [0.15, 0.2) is 36.4 Å². The molecule has 3 heterocycles. The standard InChI is InChI=1S/C23H28FN5/c1-23(2,3)20-11-10-19-22(27-20)29(17-8-9-18-15(12-17)13-25-28-18)21(26-19)14-4-6-16(24)7-5-14/h4-7,10-11,15,17-18,25,28H,8-9,12-13H2,1-3H3. The molecule has 2 aromatic heterocycles. The molecule has 2 N–H and O–H groups in total. The van der Waals surface area contributed by atoms with Gasteiger partial charge in [0.15, 0.2) is 5.65 Å². The van der Waals surface area contributed by atoms with E-state index in [0.717, 1.165) is 54.1 Å². The number of nitrogens with one attached hydrogen (secondary N) is 2. The Morgan fingerprint density at radius 2 is 1.83 bits per heavy atom. The summed E-state index contributed by atoms with van der Waals surface area (Å²) in [6.07, 6.45) is 3.30. The summed E-state index contributed by atoms with van der Waals surface area (Å²) in [6, 6.07) is 11.7. The molecule has 3 atom stereocenters. The van der Waals surface area contributed by atoms with Gasteiger partial charge in [-0.25, -0.2) is 14.4 Å². The van der Waals surface area contributed by atoms with Crippen molar-refractivity contribution in [3.63, 3.8) is 0 Å². The highest BCUT2D eigenvalue weighted by molar-refractivity contribution is 5.78. The summed E-state index contributed by atoms with van der Waals surface area (Å²) in [4.78, 5) is 10.0. The second kappa shape index (κ2) is 6.89. The minimum absolute atomic E-state index is 0.0315. The molecule has 1 aliphatic heterocycles. The lowest BCUT2D eigenvalue weighted by Gasteiger charge is -2.32. The molecule has 1 aromatic carbocycles. The molecule has 0 spiro atoms. The van der Waals surface area contributed by atoms with E-state index < -0.39 is 0 Å². The molecule has 6 heteroatoms. The Morgan fingerprint density at radius 1 is 1.03 bits per heavy atom. The maximum atomic E-state index is 13.5. The number of fused-ring (bicyclic) bond motifs is 2. The van der Waals surface area contributed by atoms with E-state index in [-0.39, 0.29) is 11.2 Å². The number of hydrogen-bond acceptors (Lipinski definition) is 4. The van der Waals surface area contributed by atoms with Crippen molar-refractivity contribution >= 4 is 11.2 Å². The lowest BCUT2D eigenvalue weighted by molar-refractivity contribution is 0.257. The van der Waals surface area contributed by atoms with E-state index in [1.807, 2.05) is 12.1 Å². The lowest BCUT2D eigenvalue weighted by Crippen LogP contribution is -2.36. The topological polar surface area (TPSA) is 54.8 Å². The van der Waals surface area contributed by atoms with Gasteiger partial charge < -0.3 is 4.57 Å². The van der Waals surface area contributed by atoms with Crippen molar-refractivity contribution in [2.24, 2.45) is 5.92 Å². The number of benzene rings is 1. The molecule has 3 unspecified atom stereocenters. The Hall–Kier alpha value is -2.31. The normalized spacial score (nSPS) is 24.8. The van der Waals surface area contributed by atoms with Gasteiger partial charge in [0, 0.05) is 35.3 Å². The van der Waals surface area contributed by atoms with Crippen LogP contribution in [0.2, 0.25) is 0 Å². The number of aromatic nitrogens is 3. The van der Waals surface area contributed by atoms with Crippen molar-refractivity contribution < 1.29 is 4.39 Å². The summed E-state index contributed by atoms with van der Waals surface area (Å²) in [5.74, 6) is 1.27. The highest BCUT2D eigenvalue weighted by Gasteiger charge is 2.36. The molecular weight excluding hydrogens is 365 g/mol. The number of halogens is 1. The average Bonchev–Trinajstić information content (AvgIpc) is 3.31. The van der Waals surface area contributed by atoms with Gasteiger partial charge in [0.2, 0.25) is 0 Å². The molecule has 29 heavy (non-hydrogen) atoms. The van der Waals surface area contributed by atoms with E-state index in [4.69, 9.17) is 9.97 Å². The molecule has 0 amide bonds. The first-order valence-electron chi connectivity index (χ1n) is 10.5. The summed E-state index contributed by atoms with van der Waals surface area (Å²) < 4.78 is 15.9. The Morgan fingerprint density at radius 3 is 2.59 bits per heavy atom. The molecular formula is C23H28FN5. The van der Waals surface area contributed by atoms with Crippen LogP contribution >= 0.6 is 0 Å². The Kier molecular flexibility index (Phi) is 4.44. The second-order valence-corrected chi connectivity index (χ2v) is 9.46. The van der Waals surface area contributed by atoms with Crippen LogP contribution in [-0.4, -0.2) is 27.1 Å². The van der Waals surface area contributed by atoms with E-state index in [2.05, 4.69) is 48.3 Å². The van der Waals surface area contributed by atoms with Crippen LogP contribution in [-0.2, 0) is 5.41 Å². The SMILES string of the molecule is CC(C)(C)c1ccc2nc(-c3ccc(F)cc3)n(C3CCC4NNCC4C3)c2n1. The summed E-state index contributed by atoms with van der Waals surface area (Å²) >= 11 is 0. The van der Waals surface area contributed by atoms with Crippen molar-refractivity contribution in [1.29, 1.82) is 0 Å². The van der Waals surface area contributed by atoms with Gasteiger partial charge in [-0.15, -0.1) is 0 Å². The van der Waals surface area contributed by atoms with Crippen LogP contribution in [0.3, 0.4) is 0 Å². The molecule has 3 aromatic rings. The monoisotopic (exact) mass is 393 g/mol. The third-order valence-corrected chi connectivity index (χ3v) is 6.38. The minimum atomic E-state index is -0.229. The second-order valence-electron chi connectivity index (χ2n) is 9.46. The van der Waals surface area contributed by atoms with Gasteiger partial charge in [-0.3, -0.25) is 10.9 Å². The predicted molar refractivity (Wildman–Crippen MR) is 113 cm³/mol. The van der Waals surface area contributed by atoms with Gasteiger partial charge >= 0.3 is 0 Å². The summed E-state index contributed by atoms with van der Waals surface area (Å²) in [5, 5.41) is 0. The summed E-state index contributed by atoms with van der Waals surface area (Å²) in [6.45, 7) is 7.55. The number of rotatable bonds is 2. The van der Waals surface area contributed by atoms with Crippen LogP contribution in [0.5, 0.6) is 0 Å². The van der Waals surface area contributed by atoms with Crippen molar-refractivity contribution in [3.05, 3.63) is 47.9 Å². The molecule has 1 aliphatic carbocycles. The maximum Gasteiger partial charge on any atom is 0.160 e. The zero-order valence-corrected chi connectivity index (χ0v) is 17.2. The molecule has 152 valence electrons. The van der Waals surface area contributed by atoms with E-state index in [0.29, 0.717) is 18.0 Å². The van der Waals surface area contributed by atoms with Crippen LogP contribution in [0.4, 0.5) is 4.39 Å². The molecule has 2 aliphatic rings. The van der Waals surface area contributed by atoms with Gasteiger partial charge in [0.1, 0.15) is 17.2 Å². The zero-order valence-electron chi connectivity index (χ0n) is 17.2. The van der Waals surface area contributed by atoms with Crippen LogP contribution < -0.4 is 10.9 Å². The van der Waals surface area contributed by atoms with Crippen LogP contribution in [0, 0.1) is 11.7 Å². The zero-order chi connectivity index (χ0) is 20.2. The third-order valence-electron chi connectivity index (χ3n) is 6.38. The van der Waals surface area contributed by atoms with Gasteiger partial charge in [-0.05, 0) is 61.6 Å². The first kappa shape index (κ1) is 18.7. The highest BCUT2D eigenvalue weighted by Crippen LogP contribution is 2.39. The molecule has 0 radical (unpaired) electrons. The van der Waals surface area contributed by atoms with Crippen LogP contribution in [0.1, 0.15) is 51.8 Å². The van der Waals surface area contributed by atoms with Crippen molar-refractivity contribution in [2.45, 2.75) is 57.5 Å². The molecule has 1 saturated heterocycles. The first-order chi connectivity index (χ1) is 13.9. The summed E-state index contributed by atoms with van der Waals surface area (Å²) in [5.41, 5.74) is 10.5. The molecule has 1 saturated carbocycles. The van der Waals surface area contributed by atoms with Gasteiger partial charge in [-0.2, -0.15) is 0 Å². The minimum Gasteiger partial charge on any atom is -0.306 e. The van der Waals surface area contributed by atoms with E-state index in [9.17, 15) is 4.39 Å². The smallest absolute Gasteiger partial charge is 0.160 e. The Balaban J connectivity index is 1.67. The van der Waals surface area contributed by atoms with Gasteiger partial charge in [0.05, 0.1) is 0 Å². The summed E-state index contributed by atoms with van der Waals surface area (Å²) in [7, 11) is 0. The number of nitrogens with zero attached hydrogens (tertiary/aromatic N) is 3. The van der Waals surface area contributed by atoms with E-state index >= 15 is 0 Å². The lowest BCUT2D eigenvalue weighted by atomic mass is 9.82. The largest absolute Gasteiger partial charge is 0.306 e. The van der Waals surface area contributed by atoms with Crippen molar-refractivity contribution in [3.8, 4) is 11.4 Å². The fourth-order valence-corrected chi connectivity index (χ4v) is 4.75. The quantitative estimate of drug-likeness (QED) is 0.680. The number of hydrogen-bond donors (Lipinski definition) is 2. The number of pyridine rings is 1. The van der Waals surface area contributed by atoms with E-state index in [1.165, 1.54) is 12.1 Å². The third kappa shape index (κ3) is 3.34. The predicted octanol–water partition coefficient (Wildman–Crippen LogP) is 4.35. The van der Waals surface area contributed by atoms with Crippen molar-refractivity contribution in [1.82, 2.24) is 25.4 Å². The molecule has 5 nitrogen and oxygen atoms in total. The van der Waals surface area contributed by atoms with Crippen molar-refractivity contribution in [2.75, 3.05) is 6.54 Å². The number of imidazole rings is 1.